The molecule has 0 aliphatic heterocycles. The molecule has 82 valence electrons. The molecule has 2 nitrogen and oxygen atoms in total. The number of hydrogen-bond acceptors (Lipinski definition) is 2. The first-order valence-electron chi connectivity index (χ1n) is 5.18. The maximum Gasteiger partial charge on any atom is 0.137 e. The SMILES string of the molecule is C=C[C@H](c1ccccc1)[C@H](N)C=O.CC. The van der Waals surface area contributed by atoms with Crippen LogP contribution in [0.5, 0.6) is 0 Å². The van der Waals surface area contributed by atoms with E-state index in [0.29, 0.717) is 0 Å². The topological polar surface area (TPSA) is 43.1 Å². The van der Waals surface area contributed by atoms with E-state index in [2.05, 4.69) is 6.58 Å². The van der Waals surface area contributed by atoms with E-state index >= 15 is 0 Å². The molecule has 2 heteroatoms. The van der Waals surface area contributed by atoms with Gasteiger partial charge in [-0.25, -0.2) is 0 Å². The summed E-state index contributed by atoms with van der Waals surface area (Å²) in [5.74, 6) is -0.0845. The van der Waals surface area contributed by atoms with Gasteiger partial charge in [-0.15, -0.1) is 6.58 Å². The molecule has 0 aromatic heterocycles. The van der Waals surface area contributed by atoms with E-state index in [-0.39, 0.29) is 5.92 Å². The van der Waals surface area contributed by atoms with Gasteiger partial charge < -0.3 is 10.5 Å². The molecular weight excluding hydrogens is 186 g/mol. The Morgan fingerprint density at radius 2 is 1.80 bits per heavy atom. The second-order valence-electron chi connectivity index (χ2n) is 2.89. The Morgan fingerprint density at radius 1 is 1.27 bits per heavy atom. The highest BCUT2D eigenvalue weighted by Gasteiger charge is 2.14. The predicted octanol–water partition coefficient (Wildman–Crippen LogP) is 2.51. The second kappa shape index (κ2) is 7.94. The number of rotatable bonds is 4. The summed E-state index contributed by atoms with van der Waals surface area (Å²) in [6, 6.07) is 9.15. The van der Waals surface area contributed by atoms with E-state index in [9.17, 15) is 4.79 Å². The van der Waals surface area contributed by atoms with Gasteiger partial charge in [0.15, 0.2) is 0 Å². The van der Waals surface area contributed by atoms with Crippen LogP contribution in [0.15, 0.2) is 43.0 Å². The Morgan fingerprint density at radius 3 is 2.20 bits per heavy atom. The summed E-state index contributed by atoms with van der Waals surface area (Å²) in [5, 5.41) is 0. The van der Waals surface area contributed by atoms with Gasteiger partial charge in [-0.1, -0.05) is 50.3 Å². The molecule has 0 heterocycles. The van der Waals surface area contributed by atoms with Crippen LogP contribution in [-0.4, -0.2) is 12.3 Å². The summed E-state index contributed by atoms with van der Waals surface area (Å²) in [4.78, 5) is 10.5. The minimum Gasteiger partial charge on any atom is -0.321 e. The fourth-order valence-electron chi connectivity index (χ4n) is 1.28. The van der Waals surface area contributed by atoms with Crippen molar-refractivity contribution in [2.24, 2.45) is 5.73 Å². The largest absolute Gasteiger partial charge is 0.321 e. The Labute approximate surface area is 91.8 Å². The zero-order valence-electron chi connectivity index (χ0n) is 9.39. The fraction of sp³-hybridized carbons (Fsp3) is 0.308. The third kappa shape index (κ3) is 4.09. The van der Waals surface area contributed by atoms with Crippen molar-refractivity contribution in [3.63, 3.8) is 0 Å². The molecule has 0 saturated heterocycles. The first kappa shape index (κ1) is 13.6. The maximum atomic E-state index is 10.5. The van der Waals surface area contributed by atoms with E-state index < -0.39 is 6.04 Å². The summed E-state index contributed by atoms with van der Waals surface area (Å²) in [6.07, 6.45) is 2.45. The van der Waals surface area contributed by atoms with Crippen molar-refractivity contribution >= 4 is 6.29 Å². The van der Waals surface area contributed by atoms with Crippen molar-refractivity contribution in [1.29, 1.82) is 0 Å². The van der Waals surface area contributed by atoms with Crippen LogP contribution >= 0.6 is 0 Å². The molecule has 1 aromatic rings. The summed E-state index contributed by atoms with van der Waals surface area (Å²) < 4.78 is 0. The lowest BCUT2D eigenvalue weighted by Gasteiger charge is -2.15. The highest BCUT2D eigenvalue weighted by atomic mass is 16.1. The normalized spacial score (nSPS) is 13.0. The smallest absolute Gasteiger partial charge is 0.137 e. The summed E-state index contributed by atoms with van der Waals surface area (Å²) in [5.41, 5.74) is 6.65. The molecule has 0 bridgehead atoms. The summed E-state index contributed by atoms with van der Waals surface area (Å²) in [6.45, 7) is 7.67. The third-order valence-corrected chi connectivity index (χ3v) is 2.01. The first-order chi connectivity index (χ1) is 7.29. The Bertz CT molecular complexity index is 282. The molecule has 0 amide bonds. The number of hydrogen-bond donors (Lipinski definition) is 1. The quantitative estimate of drug-likeness (QED) is 0.606. The van der Waals surface area contributed by atoms with Crippen LogP contribution < -0.4 is 5.73 Å². The van der Waals surface area contributed by atoms with E-state index in [1.54, 1.807) is 6.08 Å². The average molecular weight is 205 g/mol. The molecule has 0 fully saturated rings. The molecule has 2 atom stereocenters. The number of carbonyl (C=O) groups excluding carboxylic acids is 1. The molecule has 2 N–H and O–H groups in total. The van der Waals surface area contributed by atoms with Crippen molar-refractivity contribution in [3.05, 3.63) is 48.6 Å². The molecule has 0 aliphatic carbocycles. The van der Waals surface area contributed by atoms with Crippen molar-refractivity contribution in [1.82, 2.24) is 0 Å². The van der Waals surface area contributed by atoms with Gasteiger partial charge in [-0.3, -0.25) is 0 Å². The molecule has 1 rings (SSSR count). The van der Waals surface area contributed by atoms with Gasteiger partial charge in [0.25, 0.3) is 0 Å². The lowest BCUT2D eigenvalue weighted by atomic mass is 9.93. The zero-order valence-corrected chi connectivity index (χ0v) is 9.39. The molecule has 0 radical (unpaired) electrons. The first-order valence-corrected chi connectivity index (χ1v) is 5.18. The predicted molar refractivity (Wildman–Crippen MR) is 64.8 cm³/mol. The number of benzene rings is 1. The minimum atomic E-state index is -0.500. The van der Waals surface area contributed by atoms with Crippen molar-refractivity contribution in [3.8, 4) is 0 Å². The molecular formula is C13H19NO. The van der Waals surface area contributed by atoms with E-state index in [1.807, 2.05) is 44.2 Å². The summed E-state index contributed by atoms with van der Waals surface area (Å²) >= 11 is 0. The molecule has 0 aliphatic rings. The van der Waals surface area contributed by atoms with E-state index in [4.69, 9.17) is 5.73 Å². The molecule has 15 heavy (non-hydrogen) atoms. The Balaban J connectivity index is 0.000000921. The number of aldehydes is 1. The third-order valence-electron chi connectivity index (χ3n) is 2.01. The standard InChI is InChI=1S/C11H13NO.C2H6/c1-2-10(11(12)8-13)9-6-4-3-5-7-9;1-2/h2-8,10-11H,1,12H2;1-2H3/t10-,11-;/m1./s1. The number of nitrogens with two attached hydrogens (primary N) is 1. The lowest BCUT2D eigenvalue weighted by molar-refractivity contribution is -0.109. The average Bonchev–Trinajstić information content (AvgIpc) is 2.33. The van der Waals surface area contributed by atoms with Crippen molar-refractivity contribution in [2.45, 2.75) is 25.8 Å². The number of carbonyl (C=O) groups is 1. The maximum absolute atomic E-state index is 10.5. The van der Waals surface area contributed by atoms with Gasteiger partial charge in [0.2, 0.25) is 0 Å². The van der Waals surface area contributed by atoms with Crippen LogP contribution in [0.25, 0.3) is 0 Å². The fourth-order valence-corrected chi connectivity index (χ4v) is 1.28. The Hall–Kier alpha value is -1.41. The Kier molecular flexibility index (Phi) is 7.20. The van der Waals surface area contributed by atoms with Crippen LogP contribution in [0, 0.1) is 0 Å². The van der Waals surface area contributed by atoms with Crippen LogP contribution in [0.1, 0.15) is 25.3 Å². The van der Waals surface area contributed by atoms with Crippen LogP contribution in [0.2, 0.25) is 0 Å². The van der Waals surface area contributed by atoms with E-state index in [1.165, 1.54) is 0 Å². The van der Waals surface area contributed by atoms with Crippen LogP contribution in [-0.2, 0) is 4.79 Å². The van der Waals surface area contributed by atoms with Gasteiger partial charge >= 0.3 is 0 Å². The van der Waals surface area contributed by atoms with Crippen LogP contribution in [0.3, 0.4) is 0 Å². The second-order valence-corrected chi connectivity index (χ2v) is 2.89. The van der Waals surface area contributed by atoms with Gasteiger partial charge in [0.05, 0.1) is 6.04 Å². The minimum absolute atomic E-state index is 0.0845. The molecule has 1 aromatic carbocycles. The molecule has 0 unspecified atom stereocenters. The van der Waals surface area contributed by atoms with Crippen LogP contribution in [0.4, 0.5) is 0 Å². The van der Waals surface area contributed by atoms with Gasteiger partial charge in [-0.2, -0.15) is 0 Å². The van der Waals surface area contributed by atoms with Gasteiger partial charge in [-0.05, 0) is 5.56 Å². The van der Waals surface area contributed by atoms with Gasteiger partial charge in [0.1, 0.15) is 6.29 Å². The zero-order chi connectivity index (χ0) is 11.7. The summed E-state index contributed by atoms with van der Waals surface area (Å²) in [7, 11) is 0. The van der Waals surface area contributed by atoms with E-state index in [0.717, 1.165) is 11.8 Å². The monoisotopic (exact) mass is 205 g/mol. The molecule has 0 spiro atoms. The van der Waals surface area contributed by atoms with Crippen molar-refractivity contribution in [2.75, 3.05) is 0 Å². The highest BCUT2D eigenvalue weighted by Crippen LogP contribution is 2.18. The molecule has 0 saturated carbocycles. The van der Waals surface area contributed by atoms with Crippen molar-refractivity contribution < 1.29 is 4.79 Å². The lowest BCUT2D eigenvalue weighted by Crippen LogP contribution is -2.28. The van der Waals surface area contributed by atoms with Gasteiger partial charge in [0, 0.05) is 5.92 Å². The highest BCUT2D eigenvalue weighted by molar-refractivity contribution is 5.60.